The Morgan fingerprint density at radius 3 is 2.58 bits per heavy atom. The second kappa shape index (κ2) is 6.02. The first kappa shape index (κ1) is 15.9. The number of piperazine rings is 1. The van der Waals surface area contributed by atoms with Gasteiger partial charge in [0, 0.05) is 37.1 Å². The number of nitrogens with zero attached hydrogens (tertiary/aromatic N) is 1. The first-order valence-corrected chi connectivity index (χ1v) is 9.18. The van der Waals surface area contributed by atoms with Crippen LogP contribution >= 0.6 is 0 Å². The SMILES string of the molecule is Cc1ccc2c(c1)[C@H](N1CCNC(C)(C)C1)C[C@H]2c1ccccc1. The Morgan fingerprint density at radius 2 is 1.83 bits per heavy atom. The van der Waals surface area contributed by atoms with Gasteiger partial charge >= 0.3 is 0 Å². The maximum absolute atomic E-state index is 3.65. The molecule has 2 atom stereocenters. The molecule has 2 heteroatoms. The molecule has 1 heterocycles. The van der Waals surface area contributed by atoms with Gasteiger partial charge in [-0.3, -0.25) is 4.90 Å². The number of hydrogen-bond acceptors (Lipinski definition) is 2. The van der Waals surface area contributed by atoms with E-state index < -0.39 is 0 Å². The van der Waals surface area contributed by atoms with Crippen molar-refractivity contribution in [1.82, 2.24) is 10.2 Å². The van der Waals surface area contributed by atoms with E-state index in [2.05, 4.69) is 79.5 Å². The molecule has 2 aromatic carbocycles. The molecule has 0 spiro atoms. The highest BCUT2D eigenvalue weighted by Crippen LogP contribution is 2.47. The van der Waals surface area contributed by atoms with Crippen molar-refractivity contribution in [3.63, 3.8) is 0 Å². The summed E-state index contributed by atoms with van der Waals surface area (Å²) in [6.07, 6.45) is 1.21. The summed E-state index contributed by atoms with van der Waals surface area (Å²) >= 11 is 0. The van der Waals surface area contributed by atoms with Crippen molar-refractivity contribution < 1.29 is 0 Å². The van der Waals surface area contributed by atoms with Gasteiger partial charge in [0.15, 0.2) is 0 Å². The molecule has 0 amide bonds. The molecule has 0 bridgehead atoms. The second-order valence-electron chi connectivity index (χ2n) is 8.13. The van der Waals surface area contributed by atoms with Crippen LogP contribution in [0.15, 0.2) is 48.5 Å². The average Bonchev–Trinajstić information content (AvgIpc) is 2.93. The third-order valence-corrected chi connectivity index (χ3v) is 5.68. The van der Waals surface area contributed by atoms with Crippen molar-refractivity contribution in [3.8, 4) is 0 Å². The van der Waals surface area contributed by atoms with Gasteiger partial charge in [-0.2, -0.15) is 0 Å². The van der Waals surface area contributed by atoms with Gasteiger partial charge in [0.05, 0.1) is 0 Å². The molecule has 126 valence electrons. The molecule has 1 saturated heterocycles. The van der Waals surface area contributed by atoms with E-state index in [1.807, 2.05) is 0 Å². The number of rotatable bonds is 2. The molecule has 24 heavy (non-hydrogen) atoms. The third kappa shape index (κ3) is 2.89. The van der Waals surface area contributed by atoms with E-state index in [4.69, 9.17) is 0 Å². The molecule has 2 aromatic rings. The van der Waals surface area contributed by atoms with Crippen LogP contribution in [-0.2, 0) is 0 Å². The zero-order valence-corrected chi connectivity index (χ0v) is 15.0. The predicted octanol–water partition coefficient (Wildman–Crippen LogP) is 4.26. The molecule has 4 rings (SSSR count). The van der Waals surface area contributed by atoms with Crippen LogP contribution in [0.2, 0.25) is 0 Å². The van der Waals surface area contributed by atoms with Gasteiger partial charge in [-0.25, -0.2) is 0 Å². The van der Waals surface area contributed by atoms with E-state index in [1.54, 1.807) is 5.56 Å². The molecule has 1 fully saturated rings. The van der Waals surface area contributed by atoms with Gasteiger partial charge < -0.3 is 5.32 Å². The number of hydrogen-bond donors (Lipinski definition) is 1. The fourth-order valence-corrected chi connectivity index (χ4v) is 4.57. The number of nitrogens with one attached hydrogen (secondary N) is 1. The van der Waals surface area contributed by atoms with E-state index in [9.17, 15) is 0 Å². The van der Waals surface area contributed by atoms with Gasteiger partial charge in [-0.1, -0.05) is 54.1 Å². The summed E-state index contributed by atoms with van der Waals surface area (Å²) in [7, 11) is 0. The third-order valence-electron chi connectivity index (χ3n) is 5.68. The first-order valence-electron chi connectivity index (χ1n) is 9.18. The molecule has 1 N–H and O–H groups in total. The predicted molar refractivity (Wildman–Crippen MR) is 100 cm³/mol. The van der Waals surface area contributed by atoms with Crippen molar-refractivity contribution >= 4 is 0 Å². The second-order valence-corrected chi connectivity index (χ2v) is 8.13. The monoisotopic (exact) mass is 320 g/mol. The zero-order chi connectivity index (χ0) is 16.7. The van der Waals surface area contributed by atoms with Crippen molar-refractivity contribution in [3.05, 3.63) is 70.8 Å². The van der Waals surface area contributed by atoms with Crippen LogP contribution in [0.3, 0.4) is 0 Å². The Hall–Kier alpha value is -1.64. The highest BCUT2D eigenvalue weighted by Gasteiger charge is 2.38. The van der Waals surface area contributed by atoms with E-state index in [0.29, 0.717) is 12.0 Å². The Balaban J connectivity index is 1.71. The summed E-state index contributed by atoms with van der Waals surface area (Å²) in [5.41, 5.74) is 6.13. The number of aryl methyl sites for hydroxylation is 1. The molecule has 1 aliphatic heterocycles. The van der Waals surface area contributed by atoms with Crippen molar-refractivity contribution in [2.24, 2.45) is 0 Å². The molecule has 0 saturated carbocycles. The lowest BCUT2D eigenvalue weighted by atomic mass is 9.92. The van der Waals surface area contributed by atoms with Gasteiger partial charge in [0.25, 0.3) is 0 Å². The highest BCUT2D eigenvalue weighted by atomic mass is 15.2. The summed E-state index contributed by atoms with van der Waals surface area (Å²) in [5.74, 6) is 0.532. The van der Waals surface area contributed by atoms with E-state index >= 15 is 0 Å². The summed E-state index contributed by atoms with van der Waals surface area (Å²) in [4.78, 5) is 2.71. The quantitative estimate of drug-likeness (QED) is 0.889. The molecule has 0 aromatic heterocycles. The van der Waals surface area contributed by atoms with Crippen LogP contribution in [0.1, 0.15) is 54.5 Å². The lowest BCUT2D eigenvalue weighted by Crippen LogP contribution is -2.57. The molecule has 0 radical (unpaired) electrons. The van der Waals surface area contributed by atoms with Crippen LogP contribution in [-0.4, -0.2) is 30.1 Å². The fourth-order valence-electron chi connectivity index (χ4n) is 4.57. The Kier molecular flexibility index (Phi) is 3.98. The van der Waals surface area contributed by atoms with Gasteiger partial charge in [-0.15, -0.1) is 0 Å². The highest BCUT2D eigenvalue weighted by molar-refractivity contribution is 5.46. The Labute approximate surface area is 145 Å². The van der Waals surface area contributed by atoms with Crippen LogP contribution in [0.4, 0.5) is 0 Å². The minimum Gasteiger partial charge on any atom is -0.309 e. The van der Waals surface area contributed by atoms with Crippen LogP contribution in [0.25, 0.3) is 0 Å². The molecule has 0 unspecified atom stereocenters. The van der Waals surface area contributed by atoms with Crippen molar-refractivity contribution in [2.75, 3.05) is 19.6 Å². The maximum Gasteiger partial charge on any atom is 0.0361 e. The molecule has 2 nitrogen and oxygen atoms in total. The standard InChI is InChI=1S/C22H28N2/c1-16-9-10-18-19(17-7-5-4-6-8-17)14-21(20(18)13-16)24-12-11-23-22(2,3)15-24/h4-10,13,19,21,23H,11-12,14-15H2,1-3H3/t19-,21+/m0/s1. The van der Waals surface area contributed by atoms with E-state index in [1.165, 1.54) is 23.1 Å². The minimum absolute atomic E-state index is 0.201. The molecule has 2 aliphatic rings. The molecule has 1 aliphatic carbocycles. The summed E-state index contributed by atoms with van der Waals surface area (Å²) in [6.45, 7) is 10.2. The zero-order valence-electron chi connectivity index (χ0n) is 15.0. The lowest BCUT2D eigenvalue weighted by molar-refractivity contribution is 0.107. The van der Waals surface area contributed by atoms with Crippen LogP contribution in [0.5, 0.6) is 0 Å². The van der Waals surface area contributed by atoms with Crippen LogP contribution < -0.4 is 5.32 Å². The summed E-state index contributed by atoms with van der Waals surface area (Å²) in [6, 6.07) is 18.7. The summed E-state index contributed by atoms with van der Waals surface area (Å²) in [5, 5.41) is 3.65. The minimum atomic E-state index is 0.201. The topological polar surface area (TPSA) is 15.3 Å². The van der Waals surface area contributed by atoms with E-state index in [-0.39, 0.29) is 5.54 Å². The molecular formula is C22H28N2. The maximum atomic E-state index is 3.65. The Morgan fingerprint density at radius 1 is 1.04 bits per heavy atom. The van der Waals surface area contributed by atoms with Crippen molar-refractivity contribution in [1.29, 1.82) is 0 Å². The average molecular weight is 320 g/mol. The largest absolute Gasteiger partial charge is 0.309 e. The van der Waals surface area contributed by atoms with Gasteiger partial charge in [0.1, 0.15) is 0 Å². The molecular weight excluding hydrogens is 292 g/mol. The van der Waals surface area contributed by atoms with E-state index in [0.717, 1.165) is 19.6 Å². The van der Waals surface area contributed by atoms with Gasteiger partial charge in [-0.05, 0) is 43.9 Å². The van der Waals surface area contributed by atoms with Crippen LogP contribution in [0, 0.1) is 6.92 Å². The summed E-state index contributed by atoms with van der Waals surface area (Å²) < 4.78 is 0. The normalized spacial score (nSPS) is 26.3. The van der Waals surface area contributed by atoms with Gasteiger partial charge in [0.2, 0.25) is 0 Å². The fraction of sp³-hybridized carbons (Fsp3) is 0.455. The number of fused-ring (bicyclic) bond motifs is 1. The number of benzene rings is 2. The first-order chi connectivity index (χ1) is 11.5. The smallest absolute Gasteiger partial charge is 0.0361 e. The lowest BCUT2D eigenvalue weighted by Gasteiger charge is -2.42. The van der Waals surface area contributed by atoms with Crippen molar-refractivity contribution in [2.45, 2.75) is 44.7 Å². The Bertz CT molecular complexity index is 720.